The van der Waals surface area contributed by atoms with Crippen LogP contribution in [-0.2, 0) is 12.7 Å². The highest BCUT2D eigenvalue weighted by Crippen LogP contribution is 2.36. The summed E-state index contributed by atoms with van der Waals surface area (Å²) in [7, 11) is 1.45. The summed E-state index contributed by atoms with van der Waals surface area (Å²) in [5.41, 5.74) is 3.19. The molecule has 196 valence electrons. The van der Waals surface area contributed by atoms with Crippen molar-refractivity contribution in [2.45, 2.75) is 39.9 Å². The molecule has 2 amide bonds. The molecule has 9 nitrogen and oxygen atoms in total. The highest BCUT2D eigenvalue weighted by Gasteiger charge is 2.39. The lowest BCUT2D eigenvalue weighted by molar-refractivity contribution is -0.140. The fraction of sp³-hybridized carbons (Fsp3) is 0.304. The number of aromatic nitrogens is 3. The molecule has 1 aromatic carbocycles. The fourth-order valence-electron chi connectivity index (χ4n) is 3.35. The first-order valence-corrected chi connectivity index (χ1v) is 11.2. The smallest absolute Gasteiger partial charge is 0.364 e. The van der Waals surface area contributed by atoms with E-state index >= 15 is 0 Å². The predicted octanol–water partition coefficient (Wildman–Crippen LogP) is 4.80. The van der Waals surface area contributed by atoms with E-state index in [1.54, 1.807) is 6.92 Å². The number of amides is 2. The van der Waals surface area contributed by atoms with Gasteiger partial charge in [0.15, 0.2) is 5.69 Å². The highest BCUT2D eigenvalue weighted by atomic mass is 35.5. The first-order valence-electron chi connectivity index (χ1n) is 10.8. The van der Waals surface area contributed by atoms with E-state index in [0.717, 1.165) is 28.6 Å². The van der Waals surface area contributed by atoms with Gasteiger partial charge in [-0.3, -0.25) is 19.3 Å². The molecule has 0 aliphatic carbocycles. The monoisotopic (exact) mass is 539 g/mol. The summed E-state index contributed by atoms with van der Waals surface area (Å²) in [6.07, 6.45) is -4.30. The van der Waals surface area contributed by atoms with Crippen molar-refractivity contribution in [2.75, 3.05) is 12.4 Å². The first kappa shape index (κ1) is 27.7. The summed E-state index contributed by atoms with van der Waals surface area (Å²) in [6.45, 7) is 4.78. The molecule has 0 fully saturated rings. The molecule has 0 bridgehead atoms. The van der Waals surface area contributed by atoms with Crippen molar-refractivity contribution in [3.8, 4) is 0 Å². The number of carbonyl (C=O) groups excluding carboxylic acids is 2. The Hall–Kier alpha value is -3.87. The molecule has 37 heavy (non-hydrogen) atoms. The van der Waals surface area contributed by atoms with E-state index < -0.39 is 40.9 Å². The van der Waals surface area contributed by atoms with Crippen molar-refractivity contribution in [3.05, 3.63) is 51.7 Å². The van der Waals surface area contributed by atoms with E-state index in [1.807, 2.05) is 6.92 Å². The SMILES string of the molecule is CCC(C)=NC(Cn1nc(C(F)(F)F)c(NC(=O)c2cc(C(N)=O)nc3cc(F)c(Cl)cc23)c1C)=NC. The van der Waals surface area contributed by atoms with Crippen molar-refractivity contribution in [3.63, 3.8) is 0 Å². The Kier molecular flexibility index (Phi) is 7.96. The number of hydrogen-bond acceptors (Lipinski definition) is 5. The Morgan fingerprint density at radius 3 is 2.49 bits per heavy atom. The molecular formula is C23H22ClF4N7O2. The summed E-state index contributed by atoms with van der Waals surface area (Å²) in [5.74, 6) is -2.71. The highest BCUT2D eigenvalue weighted by molar-refractivity contribution is 6.31. The maximum absolute atomic E-state index is 14.0. The number of benzene rings is 1. The maximum atomic E-state index is 14.0. The van der Waals surface area contributed by atoms with Crippen LogP contribution in [0.25, 0.3) is 10.9 Å². The van der Waals surface area contributed by atoms with Crippen LogP contribution in [0.1, 0.15) is 52.5 Å². The zero-order valence-corrected chi connectivity index (χ0v) is 20.9. The Bertz CT molecular complexity index is 1460. The van der Waals surface area contributed by atoms with E-state index in [4.69, 9.17) is 17.3 Å². The van der Waals surface area contributed by atoms with Crippen LogP contribution in [0.5, 0.6) is 0 Å². The molecule has 2 aromatic heterocycles. The minimum Gasteiger partial charge on any atom is -0.364 e. The van der Waals surface area contributed by atoms with Crippen LogP contribution in [0, 0.1) is 12.7 Å². The fourth-order valence-corrected chi connectivity index (χ4v) is 3.52. The van der Waals surface area contributed by atoms with Crippen LogP contribution >= 0.6 is 11.6 Å². The van der Waals surface area contributed by atoms with Crippen molar-refractivity contribution < 1.29 is 27.2 Å². The number of nitrogens with two attached hydrogens (primary N) is 1. The zero-order chi connectivity index (χ0) is 27.7. The normalized spacial score (nSPS) is 12.8. The van der Waals surface area contributed by atoms with Crippen LogP contribution in [0.15, 0.2) is 28.2 Å². The Morgan fingerprint density at radius 1 is 1.24 bits per heavy atom. The van der Waals surface area contributed by atoms with Crippen LogP contribution in [-0.4, -0.2) is 45.2 Å². The second kappa shape index (κ2) is 10.6. The van der Waals surface area contributed by atoms with E-state index in [1.165, 1.54) is 14.0 Å². The molecule has 0 saturated carbocycles. The Labute approximate surface area is 213 Å². The second-order valence-electron chi connectivity index (χ2n) is 7.96. The van der Waals surface area contributed by atoms with Crippen molar-refractivity contribution >= 4 is 51.6 Å². The molecule has 0 saturated heterocycles. The minimum atomic E-state index is -4.92. The van der Waals surface area contributed by atoms with Gasteiger partial charge >= 0.3 is 6.18 Å². The lowest BCUT2D eigenvalue weighted by Gasteiger charge is -2.12. The van der Waals surface area contributed by atoms with E-state index in [0.29, 0.717) is 6.42 Å². The topological polar surface area (TPSA) is 128 Å². The number of nitrogens with zero attached hydrogens (tertiary/aromatic N) is 5. The summed E-state index contributed by atoms with van der Waals surface area (Å²) >= 11 is 5.84. The van der Waals surface area contributed by atoms with Gasteiger partial charge in [-0.2, -0.15) is 18.3 Å². The molecule has 0 aliphatic heterocycles. The summed E-state index contributed by atoms with van der Waals surface area (Å²) < 4.78 is 56.7. The maximum Gasteiger partial charge on any atom is 0.437 e. The molecule has 0 radical (unpaired) electrons. The number of pyridine rings is 1. The van der Waals surface area contributed by atoms with Gasteiger partial charge in [0.05, 0.1) is 27.5 Å². The third-order valence-corrected chi connectivity index (χ3v) is 5.73. The lowest BCUT2D eigenvalue weighted by Crippen LogP contribution is -2.19. The average Bonchev–Trinajstić information content (AvgIpc) is 3.13. The van der Waals surface area contributed by atoms with Gasteiger partial charge in [0.2, 0.25) is 0 Å². The standard InChI is InChI=1S/C23H22ClF4N7O2/c1-5-10(2)31-18(30-4)9-35-11(3)19(20(34-35)23(26,27)28)33-22(37)13-7-17(21(29)36)32-16-8-15(25)14(24)6-12(13)16/h6-8H,5,9H2,1-4H3,(H2,29,36)(H,33,37). The third kappa shape index (κ3) is 5.93. The number of rotatable bonds is 6. The molecule has 14 heteroatoms. The van der Waals surface area contributed by atoms with Crippen molar-refractivity contribution in [2.24, 2.45) is 15.7 Å². The summed E-state index contributed by atoms with van der Waals surface area (Å²) in [4.78, 5) is 37.1. The molecule has 0 spiro atoms. The Balaban J connectivity index is 2.12. The number of amidine groups is 1. The molecule has 3 rings (SSSR count). The number of alkyl halides is 3. The van der Waals surface area contributed by atoms with E-state index in [-0.39, 0.29) is 39.6 Å². The van der Waals surface area contributed by atoms with Crippen molar-refractivity contribution in [1.82, 2.24) is 14.8 Å². The van der Waals surface area contributed by atoms with Gasteiger partial charge in [0, 0.05) is 24.2 Å². The number of hydrogen-bond donors (Lipinski definition) is 2. The summed E-state index contributed by atoms with van der Waals surface area (Å²) in [5, 5.41) is 5.52. The number of fused-ring (bicyclic) bond motifs is 1. The van der Waals surface area contributed by atoms with Crippen molar-refractivity contribution in [1.29, 1.82) is 0 Å². The largest absolute Gasteiger partial charge is 0.437 e. The molecule has 2 heterocycles. The molecule has 3 aromatic rings. The van der Waals surface area contributed by atoms with E-state index in [2.05, 4.69) is 25.4 Å². The number of nitrogens with one attached hydrogen (secondary N) is 1. The molecule has 0 unspecified atom stereocenters. The molecule has 0 aliphatic rings. The minimum absolute atomic E-state index is 0.00251. The van der Waals surface area contributed by atoms with Crippen LogP contribution < -0.4 is 11.1 Å². The average molecular weight is 540 g/mol. The molecule has 0 atom stereocenters. The van der Waals surface area contributed by atoms with Gasteiger partial charge in [-0.1, -0.05) is 18.5 Å². The van der Waals surface area contributed by atoms with Gasteiger partial charge < -0.3 is 11.1 Å². The van der Waals surface area contributed by atoms with Gasteiger partial charge in [-0.25, -0.2) is 14.4 Å². The Morgan fingerprint density at radius 2 is 1.92 bits per heavy atom. The number of anilines is 1. The number of aliphatic imine (C=N–C) groups is 2. The summed E-state index contributed by atoms with van der Waals surface area (Å²) in [6, 6.07) is 2.96. The second-order valence-corrected chi connectivity index (χ2v) is 8.37. The third-order valence-electron chi connectivity index (χ3n) is 5.44. The number of halogens is 5. The van der Waals surface area contributed by atoms with Crippen LogP contribution in [0.4, 0.5) is 23.2 Å². The first-order chi connectivity index (χ1) is 17.3. The van der Waals surface area contributed by atoms with Gasteiger partial charge in [-0.15, -0.1) is 0 Å². The lowest BCUT2D eigenvalue weighted by atomic mass is 10.1. The predicted molar refractivity (Wildman–Crippen MR) is 132 cm³/mol. The zero-order valence-electron chi connectivity index (χ0n) is 20.2. The molecule has 3 N–H and O–H groups in total. The molecular weight excluding hydrogens is 518 g/mol. The number of primary amides is 1. The van der Waals surface area contributed by atoms with Crippen LogP contribution in [0.3, 0.4) is 0 Å². The van der Waals surface area contributed by atoms with E-state index in [9.17, 15) is 27.2 Å². The van der Waals surface area contributed by atoms with Gasteiger partial charge in [0.1, 0.15) is 23.9 Å². The van der Waals surface area contributed by atoms with Crippen LogP contribution in [0.2, 0.25) is 5.02 Å². The van der Waals surface area contributed by atoms with Gasteiger partial charge in [-0.05, 0) is 32.4 Å². The number of carbonyl (C=O) groups is 2. The quantitative estimate of drug-likeness (QED) is 0.265. The van der Waals surface area contributed by atoms with Gasteiger partial charge in [0.25, 0.3) is 11.8 Å².